The minimum atomic E-state index is 0.0950. The topological polar surface area (TPSA) is 64.1 Å². The fourth-order valence-electron chi connectivity index (χ4n) is 3.51. The van der Waals surface area contributed by atoms with Crippen LogP contribution in [-0.4, -0.2) is 28.0 Å². The van der Waals surface area contributed by atoms with Gasteiger partial charge in [0.1, 0.15) is 6.10 Å². The highest BCUT2D eigenvalue weighted by molar-refractivity contribution is 5.78. The molecule has 0 saturated heterocycles. The second-order valence-corrected chi connectivity index (χ2v) is 7.26. The molecule has 1 aliphatic carbocycles. The first-order valence-corrected chi connectivity index (χ1v) is 9.32. The van der Waals surface area contributed by atoms with Crippen LogP contribution in [0.1, 0.15) is 48.2 Å². The molecule has 3 rings (SSSR count). The smallest absolute Gasteiger partial charge is 0.317 e. The summed E-state index contributed by atoms with van der Waals surface area (Å²) in [7, 11) is 0. The maximum absolute atomic E-state index is 12.3. The van der Waals surface area contributed by atoms with Crippen LogP contribution < -0.4 is 10.1 Å². The van der Waals surface area contributed by atoms with Crippen LogP contribution in [0.3, 0.4) is 0 Å². The zero-order valence-electron chi connectivity index (χ0n) is 15.8. The number of amides is 1. The van der Waals surface area contributed by atoms with Crippen molar-refractivity contribution >= 4 is 5.91 Å². The van der Waals surface area contributed by atoms with Gasteiger partial charge in [0.15, 0.2) is 0 Å². The van der Waals surface area contributed by atoms with Gasteiger partial charge in [-0.15, -0.1) is 0 Å². The third-order valence-electron chi connectivity index (χ3n) is 4.72. The van der Waals surface area contributed by atoms with E-state index in [1.807, 2.05) is 45.0 Å². The molecule has 1 N–H and O–H groups in total. The summed E-state index contributed by atoms with van der Waals surface area (Å²) in [6.45, 7) is 5.94. The average molecular weight is 353 g/mol. The van der Waals surface area contributed by atoms with Crippen LogP contribution in [0.5, 0.6) is 6.01 Å². The maximum Gasteiger partial charge on any atom is 0.317 e. The molecule has 0 unspecified atom stereocenters. The fourth-order valence-corrected chi connectivity index (χ4v) is 3.51. The summed E-state index contributed by atoms with van der Waals surface area (Å²) < 4.78 is 5.94. The number of hydrogen-bond acceptors (Lipinski definition) is 4. The lowest BCUT2D eigenvalue weighted by atomic mass is 9.92. The van der Waals surface area contributed by atoms with Crippen molar-refractivity contribution in [3.05, 3.63) is 52.8 Å². The number of hydrogen-bond donors (Lipinski definition) is 1. The first-order chi connectivity index (χ1) is 12.5. The van der Waals surface area contributed by atoms with Crippen LogP contribution in [0.15, 0.2) is 30.3 Å². The van der Waals surface area contributed by atoms with Crippen molar-refractivity contribution in [3.63, 3.8) is 0 Å². The zero-order chi connectivity index (χ0) is 18.5. The summed E-state index contributed by atoms with van der Waals surface area (Å²) in [5.74, 6) is 0.0950. The number of carbonyl (C=O) groups excluding carboxylic acids is 1. The molecule has 1 aliphatic rings. The Bertz CT molecular complexity index is 747. The predicted octanol–water partition coefficient (Wildman–Crippen LogP) is 3.45. The SMILES string of the molecule is Cc1cccc(CC(=O)NC2CCC(Oc3nc(C)cc(C)n3)CC2)c1. The lowest BCUT2D eigenvalue weighted by molar-refractivity contribution is -0.121. The Hall–Kier alpha value is -2.43. The van der Waals surface area contributed by atoms with E-state index < -0.39 is 0 Å². The first-order valence-electron chi connectivity index (χ1n) is 9.32. The Morgan fingerprint density at radius 1 is 1.08 bits per heavy atom. The molecule has 0 aliphatic heterocycles. The van der Waals surface area contributed by atoms with Gasteiger partial charge in [-0.3, -0.25) is 4.79 Å². The molecule has 1 aromatic carbocycles. The van der Waals surface area contributed by atoms with E-state index >= 15 is 0 Å². The van der Waals surface area contributed by atoms with Gasteiger partial charge >= 0.3 is 6.01 Å². The van der Waals surface area contributed by atoms with E-state index in [-0.39, 0.29) is 18.1 Å². The van der Waals surface area contributed by atoms with Crippen LogP contribution in [-0.2, 0) is 11.2 Å². The van der Waals surface area contributed by atoms with Crippen LogP contribution in [0.25, 0.3) is 0 Å². The normalized spacial score (nSPS) is 19.8. The lowest BCUT2D eigenvalue weighted by Crippen LogP contribution is -2.40. The molecule has 5 nitrogen and oxygen atoms in total. The molecular formula is C21H27N3O2. The molecular weight excluding hydrogens is 326 g/mol. The monoisotopic (exact) mass is 353 g/mol. The number of aromatic nitrogens is 2. The van der Waals surface area contributed by atoms with Gasteiger partial charge in [0.05, 0.1) is 6.42 Å². The number of ether oxygens (including phenoxy) is 1. The van der Waals surface area contributed by atoms with Crippen molar-refractivity contribution in [3.8, 4) is 6.01 Å². The Morgan fingerprint density at radius 2 is 1.77 bits per heavy atom. The van der Waals surface area contributed by atoms with Crippen molar-refractivity contribution in [2.45, 2.75) is 65.0 Å². The number of aryl methyl sites for hydroxylation is 3. The summed E-state index contributed by atoms with van der Waals surface area (Å²) in [5, 5.41) is 3.16. The summed E-state index contributed by atoms with van der Waals surface area (Å²) in [4.78, 5) is 21.0. The molecule has 1 saturated carbocycles. The first kappa shape index (κ1) is 18.4. The molecule has 1 heterocycles. The van der Waals surface area contributed by atoms with Crippen LogP contribution in [0.4, 0.5) is 0 Å². The van der Waals surface area contributed by atoms with Gasteiger partial charge in [-0.2, -0.15) is 0 Å². The summed E-state index contributed by atoms with van der Waals surface area (Å²) in [6, 6.07) is 10.7. The zero-order valence-corrected chi connectivity index (χ0v) is 15.8. The van der Waals surface area contributed by atoms with Crippen LogP contribution in [0.2, 0.25) is 0 Å². The third kappa shape index (κ3) is 5.28. The van der Waals surface area contributed by atoms with Gasteiger partial charge in [0.25, 0.3) is 0 Å². The van der Waals surface area contributed by atoms with E-state index in [0.29, 0.717) is 12.4 Å². The Balaban J connectivity index is 1.45. The fraction of sp³-hybridized carbons (Fsp3) is 0.476. The molecule has 26 heavy (non-hydrogen) atoms. The summed E-state index contributed by atoms with van der Waals surface area (Å²) in [6.07, 6.45) is 4.23. The van der Waals surface area contributed by atoms with Gasteiger partial charge in [0, 0.05) is 17.4 Å². The van der Waals surface area contributed by atoms with Gasteiger partial charge in [0.2, 0.25) is 5.91 Å². The second-order valence-electron chi connectivity index (χ2n) is 7.26. The number of benzene rings is 1. The molecule has 5 heteroatoms. The minimum Gasteiger partial charge on any atom is -0.460 e. The quantitative estimate of drug-likeness (QED) is 0.894. The van der Waals surface area contributed by atoms with Crippen molar-refractivity contribution in [1.82, 2.24) is 15.3 Å². The van der Waals surface area contributed by atoms with Gasteiger partial charge in [-0.05, 0) is 58.1 Å². The van der Waals surface area contributed by atoms with E-state index in [1.54, 1.807) is 0 Å². The number of nitrogens with one attached hydrogen (secondary N) is 1. The van der Waals surface area contributed by atoms with Crippen molar-refractivity contribution in [2.24, 2.45) is 0 Å². The molecule has 1 fully saturated rings. The molecule has 0 radical (unpaired) electrons. The maximum atomic E-state index is 12.3. The van der Waals surface area contributed by atoms with Crippen molar-refractivity contribution < 1.29 is 9.53 Å². The van der Waals surface area contributed by atoms with E-state index in [0.717, 1.165) is 42.6 Å². The third-order valence-corrected chi connectivity index (χ3v) is 4.72. The number of rotatable bonds is 5. The molecule has 1 amide bonds. The molecule has 138 valence electrons. The highest BCUT2D eigenvalue weighted by Crippen LogP contribution is 2.22. The van der Waals surface area contributed by atoms with Crippen molar-refractivity contribution in [1.29, 1.82) is 0 Å². The second kappa shape index (κ2) is 8.30. The number of carbonyl (C=O) groups is 1. The van der Waals surface area contributed by atoms with E-state index in [2.05, 4.69) is 21.4 Å². The molecule has 1 aromatic heterocycles. The van der Waals surface area contributed by atoms with E-state index in [4.69, 9.17) is 4.74 Å². The van der Waals surface area contributed by atoms with Crippen LogP contribution in [0, 0.1) is 20.8 Å². The average Bonchev–Trinajstić information content (AvgIpc) is 2.55. The molecule has 0 bridgehead atoms. The lowest BCUT2D eigenvalue weighted by Gasteiger charge is -2.29. The Kier molecular flexibility index (Phi) is 5.86. The standard InChI is InChI=1S/C21H27N3O2/c1-14-5-4-6-17(11-14)13-20(25)24-18-7-9-19(10-8-18)26-21-22-15(2)12-16(3)23-21/h4-6,11-12,18-19H,7-10,13H2,1-3H3,(H,24,25). The van der Waals surface area contributed by atoms with Gasteiger partial charge in [-0.1, -0.05) is 29.8 Å². The summed E-state index contributed by atoms with van der Waals surface area (Å²) >= 11 is 0. The Labute approximate surface area is 155 Å². The van der Waals surface area contributed by atoms with E-state index in [9.17, 15) is 4.79 Å². The number of nitrogens with zero attached hydrogens (tertiary/aromatic N) is 2. The molecule has 0 atom stereocenters. The van der Waals surface area contributed by atoms with E-state index in [1.165, 1.54) is 5.56 Å². The van der Waals surface area contributed by atoms with Crippen molar-refractivity contribution in [2.75, 3.05) is 0 Å². The Morgan fingerprint density at radius 3 is 2.42 bits per heavy atom. The predicted molar refractivity (Wildman–Crippen MR) is 101 cm³/mol. The van der Waals surface area contributed by atoms with Crippen LogP contribution >= 0.6 is 0 Å². The molecule has 2 aromatic rings. The highest BCUT2D eigenvalue weighted by atomic mass is 16.5. The summed E-state index contributed by atoms with van der Waals surface area (Å²) in [5.41, 5.74) is 4.09. The molecule has 0 spiro atoms. The largest absolute Gasteiger partial charge is 0.460 e. The van der Waals surface area contributed by atoms with Gasteiger partial charge < -0.3 is 10.1 Å². The van der Waals surface area contributed by atoms with Gasteiger partial charge in [-0.25, -0.2) is 9.97 Å². The minimum absolute atomic E-state index is 0.0950. The highest BCUT2D eigenvalue weighted by Gasteiger charge is 2.24.